The molecule has 0 aromatic carbocycles. The molecule has 1 aliphatic carbocycles. The molecule has 19 heavy (non-hydrogen) atoms. The summed E-state index contributed by atoms with van der Waals surface area (Å²) in [5.74, 6) is 0. The van der Waals surface area contributed by atoms with Crippen molar-refractivity contribution in [1.29, 1.82) is 0 Å². The quantitative estimate of drug-likeness (QED) is 0.288. The monoisotopic (exact) mass is 303 g/mol. The van der Waals surface area contributed by atoms with Crippen LogP contribution in [0.5, 0.6) is 0 Å². The van der Waals surface area contributed by atoms with E-state index in [1.807, 2.05) is 0 Å². The van der Waals surface area contributed by atoms with Crippen molar-refractivity contribution in [2.45, 2.75) is 96.6 Å². The van der Waals surface area contributed by atoms with Crippen LogP contribution >= 0.6 is 15.9 Å². The largest absolute Gasteiger partial charge is 0.0715 e. The summed E-state index contributed by atoms with van der Waals surface area (Å²) in [5, 5.41) is 0. The highest BCUT2D eigenvalue weighted by Crippen LogP contribution is 2.74. The summed E-state index contributed by atoms with van der Waals surface area (Å²) in [5.41, 5.74) is 1.13. The lowest BCUT2D eigenvalue weighted by Crippen LogP contribution is -2.12. The van der Waals surface area contributed by atoms with Crippen LogP contribution in [0.1, 0.15) is 90.9 Å². The summed E-state index contributed by atoms with van der Waals surface area (Å²) in [6, 6.07) is 0. The normalized spacial score (nSPS) is 17.2. The maximum absolute atomic E-state index is 3.44. The molecule has 0 aromatic heterocycles. The molecule has 0 amide bonds. The van der Waals surface area contributed by atoms with Crippen LogP contribution in [0.25, 0.3) is 0 Å². The van der Waals surface area contributed by atoms with Gasteiger partial charge in [0.15, 0.2) is 0 Å². The van der Waals surface area contributed by atoms with Crippen LogP contribution in [0.3, 0.4) is 0 Å². The molecule has 1 atom stereocenters. The SMILES string of the molecule is CCCCCC[P+](P)(CCCCCC)C1CCCC1. The molecule has 0 nitrogen and oxygen atoms in total. The van der Waals surface area contributed by atoms with Gasteiger partial charge in [0.1, 0.15) is 0 Å². The average Bonchev–Trinajstić information content (AvgIpc) is 2.95. The molecular formula is C17H37P2+. The average molecular weight is 303 g/mol. The van der Waals surface area contributed by atoms with E-state index in [-0.39, 0.29) is 0 Å². The molecule has 0 aromatic rings. The first kappa shape index (κ1) is 17.9. The van der Waals surface area contributed by atoms with Gasteiger partial charge in [-0.3, -0.25) is 0 Å². The van der Waals surface area contributed by atoms with Gasteiger partial charge in [-0.25, -0.2) is 0 Å². The van der Waals surface area contributed by atoms with Crippen LogP contribution in [0.4, 0.5) is 0 Å². The fraction of sp³-hybridized carbons (Fsp3) is 1.00. The standard InChI is InChI=1S/C17H37P2/c1-3-5-7-11-15-19(18,16-12-8-6-4-2)17-13-9-10-14-17/h17H,3-16,18H2,1-2H3/q+1. The van der Waals surface area contributed by atoms with Crippen molar-refractivity contribution in [2.75, 3.05) is 12.3 Å². The highest BCUT2D eigenvalue weighted by atomic mass is 32.1. The first-order valence-electron chi connectivity index (χ1n) is 8.88. The first-order chi connectivity index (χ1) is 9.23. The van der Waals surface area contributed by atoms with Crippen LogP contribution in [0.2, 0.25) is 0 Å². The van der Waals surface area contributed by atoms with E-state index in [2.05, 4.69) is 22.8 Å². The summed E-state index contributed by atoms with van der Waals surface area (Å²) in [7, 11) is 3.44. The van der Waals surface area contributed by atoms with Crippen LogP contribution in [-0.2, 0) is 0 Å². The van der Waals surface area contributed by atoms with Crippen molar-refractivity contribution in [1.82, 2.24) is 0 Å². The zero-order valence-electron chi connectivity index (χ0n) is 13.5. The van der Waals surface area contributed by atoms with E-state index in [0.717, 1.165) is 5.66 Å². The molecule has 0 N–H and O–H groups in total. The van der Waals surface area contributed by atoms with E-state index in [9.17, 15) is 0 Å². The maximum Gasteiger partial charge on any atom is 0.0715 e. The minimum atomic E-state index is -0.681. The Morgan fingerprint density at radius 1 is 0.789 bits per heavy atom. The summed E-state index contributed by atoms with van der Waals surface area (Å²) in [6.45, 7) is 3.97. The predicted molar refractivity (Wildman–Crippen MR) is 96.9 cm³/mol. The number of hydrogen-bond donors (Lipinski definition) is 0. The molecule has 0 spiro atoms. The lowest BCUT2D eigenvalue weighted by atomic mass is 10.2. The Bertz CT molecular complexity index is 197. The van der Waals surface area contributed by atoms with Gasteiger partial charge in [0.2, 0.25) is 0 Å². The second-order valence-corrected chi connectivity index (χ2v) is 13.5. The van der Waals surface area contributed by atoms with Crippen molar-refractivity contribution < 1.29 is 0 Å². The molecule has 1 saturated carbocycles. The molecular weight excluding hydrogens is 266 g/mol. The first-order valence-corrected chi connectivity index (χ1v) is 12.7. The number of hydrogen-bond acceptors (Lipinski definition) is 0. The van der Waals surface area contributed by atoms with E-state index >= 15 is 0 Å². The molecule has 1 aliphatic rings. The molecule has 2 heteroatoms. The lowest BCUT2D eigenvalue weighted by molar-refractivity contribution is 0.690. The fourth-order valence-corrected chi connectivity index (χ4v) is 9.52. The molecule has 0 radical (unpaired) electrons. The zero-order chi connectivity index (χ0) is 14.0. The zero-order valence-corrected chi connectivity index (χ0v) is 15.6. The molecule has 0 saturated heterocycles. The Kier molecular flexibility index (Phi) is 9.96. The van der Waals surface area contributed by atoms with Gasteiger partial charge in [-0.05, 0) is 51.4 Å². The third kappa shape index (κ3) is 6.91. The van der Waals surface area contributed by atoms with Crippen LogP contribution in [0, 0.1) is 0 Å². The topological polar surface area (TPSA) is 0 Å². The Morgan fingerprint density at radius 2 is 1.26 bits per heavy atom. The number of rotatable bonds is 11. The van der Waals surface area contributed by atoms with Crippen LogP contribution < -0.4 is 0 Å². The Morgan fingerprint density at radius 3 is 1.68 bits per heavy atom. The Hall–Kier alpha value is 0.860. The molecule has 114 valence electrons. The van der Waals surface area contributed by atoms with E-state index in [1.165, 1.54) is 64.2 Å². The molecule has 0 heterocycles. The molecule has 1 rings (SSSR count). The second kappa shape index (κ2) is 10.6. The van der Waals surface area contributed by atoms with Crippen LogP contribution in [0.15, 0.2) is 0 Å². The lowest BCUT2D eigenvalue weighted by Gasteiger charge is -2.29. The van der Waals surface area contributed by atoms with Gasteiger partial charge in [-0.15, -0.1) is 0 Å². The van der Waals surface area contributed by atoms with Crippen molar-refractivity contribution in [3.63, 3.8) is 0 Å². The fourth-order valence-electron chi connectivity index (χ4n) is 3.56. The summed E-state index contributed by atoms with van der Waals surface area (Å²) < 4.78 is 0. The molecule has 1 fully saturated rings. The van der Waals surface area contributed by atoms with Crippen molar-refractivity contribution in [3.05, 3.63) is 0 Å². The highest BCUT2D eigenvalue weighted by molar-refractivity contribution is 8.25. The van der Waals surface area contributed by atoms with Gasteiger partial charge in [0.25, 0.3) is 0 Å². The van der Waals surface area contributed by atoms with Gasteiger partial charge in [0.05, 0.1) is 18.0 Å². The minimum absolute atomic E-state index is 0.681. The maximum atomic E-state index is 3.44. The Labute approximate surface area is 125 Å². The third-order valence-electron chi connectivity index (χ3n) is 4.91. The summed E-state index contributed by atoms with van der Waals surface area (Å²) >= 11 is 0. The second-order valence-electron chi connectivity index (χ2n) is 6.61. The van der Waals surface area contributed by atoms with E-state index in [4.69, 9.17) is 0 Å². The van der Waals surface area contributed by atoms with Gasteiger partial charge in [-0.2, -0.15) is 0 Å². The third-order valence-corrected chi connectivity index (χ3v) is 12.0. The Balaban J connectivity index is 2.36. The van der Waals surface area contributed by atoms with Gasteiger partial charge >= 0.3 is 0 Å². The molecule has 1 unspecified atom stereocenters. The summed E-state index contributed by atoms with van der Waals surface area (Å²) in [6.07, 6.45) is 20.9. The highest BCUT2D eigenvalue weighted by Gasteiger charge is 2.41. The smallest absolute Gasteiger partial charge is 0.0654 e. The predicted octanol–water partition coefficient (Wildman–Crippen LogP) is 6.90. The molecule has 0 bridgehead atoms. The van der Waals surface area contributed by atoms with Gasteiger partial charge in [0, 0.05) is 15.9 Å². The number of unbranched alkanes of at least 4 members (excludes halogenated alkanes) is 6. The van der Waals surface area contributed by atoms with Crippen molar-refractivity contribution >= 4 is 15.9 Å². The van der Waals surface area contributed by atoms with Crippen LogP contribution in [-0.4, -0.2) is 18.0 Å². The van der Waals surface area contributed by atoms with Crippen molar-refractivity contribution in [2.24, 2.45) is 0 Å². The summed E-state index contributed by atoms with van der Waals surface area (Å²) in [4.78, 5) is 0. The van der Waals surface area contributed by atoms with E-state index < -0.39 is 6.95 Å². The van der Waals surface area contributed by atoms with Crippen molar-refractivity contribution in [3.8, 4) is 0 Å². The minimum Gasteiger partial charge on any atom is -0.0654 e. The van der Waals surface area contributed by atoms with Gasteiger partial charge in [-0.1, -0.05) is 39.5 Å². The molecule has 0 aliphatic heterocycles. The van der Waals surface area contributed by atoms with Gasteiger partial charge < -0.3 is 0 Å². The van der Waals surface area contributed by atoms with E-state index in [0.29, 0.717) is 0 Å². The van der Waals surface area contributed by atoms with E-state index in [1.54, 1.807) is 25.2 Å².